The van der Waals surface area contributed by atoms with Gasteiger partial charge in [0.1, 0.15) is 12.2 Å². The number of carbonyl (C=O) groups excluding carboxylic acids is 3. The lowest BCUT2D eigenvalue weighted by Gasteiger charge is -2.24. The number of imide groups is 1. The Kier molecular flexibility index (Phi) is 34.7. The molecule has 0 aromatic rings. The van der Waals surface area contributed by atoms with E-state index in [0.29, 0.717) is 24.9 Å². The van der Waals surface area contributed by atoms with E-state index in [9.17, 15) is 14.4 Å². The van der Waals surface area contributed by atoms with Crippen LogP contribution in [0.15, 0.2) is 0 Å². The van der Waals surface area contributed by atoms with E-state index in [0.717, 1.165) is 25.7 Å². The van der Waals surface area contributed by atoms with Crippen molar-refractivity contribution in [2.45, 2.75) is 251 Å². The van der Waals surface area contributed by atoms with Crippen molar-refractivity contribution in [3.63, 3.8) is 0 Å². The molecule has 0 spiro atoms. The highest BCUT2D eigenvalue weighted by Crippen LogP contribution is 2.17. The van der Waals surface area contributed by atoms with Crippen LogP contribution in [0, 0.1) is 0 Å². The summed E-state index contributed by atoms with van der Waals surface area (Å²) < 4.78 is 17.6. The number of hydrogen-bond donors (Lipinski definition) is 0. The normalized spacial score (nSPS) is 14.3. The van der Waals surface area contributed by atoms with Gasteiger partial charge in [-0.05, 0) is 19.8 Å². The summed E-state index contributed by atoms with van der Waals surface area (Å²) in [6.45, 7) is 7.82. The third-order valence-electron chi connectivity index (χ3n) is 10.7. The first-order valence-electron chi connectivity index (χ1n) is 22.9. The van der Waals surface area contributed by atoms with Crippen molar-refractivity contribution < 1.29 is 33.4 Å². The lowest BCUT2D eigenvalue weighted by atomic mass is 10.0. The van der Waals surface area contributed by atoms with Crippen molar-refractivity contribution in [3.8, 4) is 0 Å². The van der Waals surface area contributed by atoms with Crippen LogP contribution in [0.25, 0.3) is 0 Å². The number of amides is 2. The Morgan fingerprint density at radius 1 is 0.509 bits per heavy atom. The number of ether oxygens (including phenoxy) is 3. The van der Waals surface area contributed by atoms with Crippen molar-refractivity contribution in [2.75, 3.05) is 19.8 Å². The molecule has 0 saturated carbocycles. The topological polar surface area (TPSA) is 91.4 Å². The predicted molar refractivity (Wildman–Crippen MR) is 218 cm³/mol. The summed E-state index contributed by atoms with van der Waals surface area (Å²) in [5.41, 5.74) is 0. The summed E-state index contributed by atoms with van der Waals surface area (Å²) in [5, 5.41) is 0.509. The summed E-state index contributed by atoms with van der Waals surface area (Å²) in [6, 6.07) is 0. The minimum Gasteiger partial charge on any atom is -0.427 e. The second-order valence-electron chi connectivity index (χ2n) is 15.8. The van der Waals surface area contributed by atoms with Crippen LogP contribution in [-0.2, 0) is 28.6 Å². The van der Waals surface area contributed by atoms with Crippen LogP contribution in [0.2, 0.25) is 0 Å². The Labute approximate surface area is 326 Å². The molecule has 0 bridgehead atoms. The maximum atomic E-state index is 12.4. The number of unbranched alkanes of at least 4 members (excludes halogenated alkanes) is 30. The van der Waals surface area contributed by atoms with E-state index in [2.05, 4.69) is 13.8 Å². The minimum absolute atomic E-state index is 0.0416. The Balaban J connectivity index is 2.17. The first kappa shape index (κ1) is 49.3. The fourth-order valence-electron chi connectivity index (χ4n) is 7.14. The number of hydrogen-bond acceptors (Lipinski definition) is 7. The van der Waals surface area contributed by atoms with Gasteiger partial charge in [0, 0.05) is 26.1 Å². The van der Waals surface area contributed by atoms with Crippen LogP contribution in [-0.4, -0.2) is 55.1 Å². The SMILES string of the molecule is CCCCCCCCCCCCCCCCCCOC[C@@H](OCCCCCCCCCCCCCCCCCC)[C@H](C)OC(=O)ON1C(=O)CCC1=O. The average molecular weight is 752 g/mol. The summed E-state index contributed by atoms with van der Waals surface area (Å²) in [4.78, 5) is 41.0. The van der Waals surface area contributed by atoms with Crippen molar-refractivity contribution >= 4 is 18.0 Å². The van der Waals surface area contributed by atoms with E-state index in [1.165, 1.54) is 180 Å². The number of rotatable bonds is 40. The molecular weight excluding hydrogens is 666 g/mol. The van der Waals surface area contributed by atoms with Gasteiger partial charge in [-0.2, -0.15) is 0 Å². The number of carbonyl (C=O) groups is 3. The third-order valence-corrected chi connectivity index (χ3v) is 10.7. The summed E-state index contributed by atoms with van der Waals surface area (Å²) in [5.74, 6) is -1.06. The van der Waals surface area contributed by atoms with Gasteiger partial charge in [-0.15, -0.1) is 0 Å². The largest absolute Gasteiger partial charge is 0.534 e. The zero-order valence-corrected chi connectivity index (χ0v) is 35.1. The molecule has 0 aromatic carbocycles. The molecule has 8 nitrogen and oxygen atoms in total. The molecule has 8 heteroatoms. The summed E-state index contributed by atoms with van der Waals surface area (Å²) >= 11 is 0. The molecular formula is C45H85NO7. The fourth-order valence-corrected chi connectivity index (χ4v) is 7.14. The van der Waals surface area contributed by atoms with Crippen LogP contribution in [0.4, 0.5) is 4.79 Å². The van der Waals surface area contributed by atoms with Gasteiger partial charge in [0.05, 0.1) is 6.61 Å². The van der Waals surface area contributed by atoms with E-state index in [1.54, 1.807) is 6.92 Å². The smallest absolute Gasteiger partial charge is 0.427 e. The van der Waals surface area contributed by atoms with Crippen LogP contribution >= 0.6 is 0 Å². The molecule has 0 aliphatic carbocycles. The van der Waals surface area contributed by atoms with Crippen molar-refractivity contribution in [1.29, 1.82) is 0 Å². The van der Waals surface area contributed by atoms with Crippen LogP contribution in [0.1, 0.15) is 239 Å². The van der Waals surface area contributed by atoms with Gasteiger partial charge >= 0.3 is 6.16 Å². The Bertz CT molecular complexity index is 837. The third kappa shape index (κ3) is 30.3. The van der Waals surface area contributed by atoms with Crippen LogP contribution in [0.3, 0.4) is 0 Å². The number of nitrogens with zero attached hydrogens (tertiary/aromatic N) is 1. The minimum atomic E-state index is -1.07. The molecule has 1 fully saturated rings. The van der Waals surface area contributed by atoms with E-state index in [4.69, 9.17) is 19.0 Å². The summed E-state index contributed by atoms with van der Waals surface area (Å²) in [7, 11) is 0. The molecule has 1 saturated heterocycles. The molecule has 1 heterocycles. The zero-order valence-electron chi connectivity index (χ0n) is 35.1. The molecule has 2 amide bonds. The van der Waals surface area contributed by atoms with Gasteiger partial charge in [0.15, 0.2) is 0 Å². The quantitative estimate of drug-likeness (QED) is 0.0350. The lowest BCUT2D eigenvalue weighted by Crippen LogP contribution is -2.38. The van der Waals surface area contributed by atoms with Gasteiger partial charge in [0.25, 0.3) is 11.8 Å². The first-order chi connectivity index (χ1) is 26.0. The van der Waals surface area contributed by atoms with Crippen LogP contribution in [0.5, 0.6) is 0 Å². The average Bonchev–Trinajstić information content (AvgIpc) is 3.46. The lowest BCUT2D eigenvalue weighted by molar-refractivity contribution is -0.181. The van der Waals surface area contributed by atoms with E-state index in [1.807, 2.05) is 0 Å². The first-order valence-corrected chi connectivity index (χ1v) is 22.9. The molecule has 0 unspecified atom stereocenters. The van der Waals surface area contributed by atoms with Crippen molar-refractivity contribution in [3.05, 3.63) is 0 Å². The molecule has 2 atom stereocenters. The summed E-state index contributed by atoms with van der Waals surface area (Å²) in [6.07, 6.45) is 40.3. The van der Waals surface area contributed by atoms with Gasteiger partial charge < -0.3 is 14.2 Å². The molecule has 0 radical (unpaired) electrons. The zero-order chi connectivity index (χ0) is 38.5. The molecule has 0 aromatic heterocycles. The van der Waals surface area contributed by atoms with E-state index >= 15 is 0 Å². The predicted octanol–water partition coefficient (Wildman–Crippen LogP) is 13.5. The molecule has 1 aliphatic heterocycles. The molecule has 0 N–H and O–H groups in total. The Hall–Kier alpha value is -1.67. The maximum Gasteiger partial charge on any atom is 0.534 e. The number of hydroxylamine groups is 2. The molecule has 53 heavy (non-hydrogen) atoms. The van der Waals surface area contributed by atoms with E-state index in [-0.39, 0.29) is 12.8 Å². The standard InChI is InChI=1S/C45H85NO7/c1-4-6-8-10-12-14-16-18-20-22-24-26-28-30-32-34-38-50-40-42(41(3)52-45(49)53-46-43(47)36-37-44(46)48)51-39-35-33-31-29-27-25-23-21-19-17-15-13-11-9-7-5-2/h41-42H,4-40H2,1-3H3/t41-,42+/m0/s1. The van der Waals surface area contributed by atoms with Gasteiger partial charge in [-0.1, -0.05) is 212 Å². The highest BCUT2D eigenvalue weighted by Gasteiger charge is 2.34. The van der Waals surface area contributed by atoms with Gasteiger partial charge in [-0.3, -0.25) is 14.4 Å². The second-order valence-corrected chi connectivity index (χ2v) is 15.8. The van der Waals surface area contributed by atoms with Crippen LogP contribution < -0.4 is 0 Å². The molecule has 312 valence electrons. The second kappa shape index (κ2) is 37.3. The highest BCUT2D eigenvalue weighted by molar-refractivity contribution is 6.01. The van der Waals surface area contributed by atoms with Gasteiger partial charge in [-0.25, -0.2) is 4.79 Å². The fraction of sp³-hybridized carbons (Fsp3) is 0.933. The van der Waals surface area contributed by atoms with Crippen molar-refractivity contribution in [1.82, 2.24) is 5.06 Å². The van der Waals surface area contributed by atoms with Gasteiger partial charge in [0.2, 0.25) is 0 Å². The monoisotopic (exact) mass is 752 g/mol. The van der Waals surface area contributed by atoms with E-state index < -0.39 is 30.2 Å². The highest BCUT2D eigenvalue weighted by atomic mass is 16.8. The molecule has 1 aliphatic rings. The van der Waals surface area contributed by atoms with Crippen molar-refractivity contribution in [2.24, 2.45) is 0 Å². The molecule has 1 rings (SSSR count). The Morgan fingerprint density at radius 3 is 1.19 bits per heavy atom. The maximum absolute atomic E-state index is 12.4. The Morgan fingerprint density at radius 2 is 0.830 bits per heavy atom.